The number of carbonyl (C=O) groups excluding carboxylic acids is 1. The van der Waals surface area contributed by atoms with Crippen molar-refractivity contribution in [1.82, 2.24) is 0 Å². The molecular weight excluding hydrogens is 326 g/mol. The molecule has 1 aliphatic carbocycles. The van der Waals surface area contributed by atoms with Crippen molar-refractivity contribution >= 4 is 5.97 Å². The summed E-state index contributed by atoms with van der Waals surface area (Å²) < 4.78 is 6.57. The van der Waals surface area contributed by atoms with Crippen molar-refractivity contribution in [1.29, 1.82) is 0 Å². The van der Waals surface area contributed by atoms with E-state index >= 15 is 0 Å². The van der Waals surface area contributed by atoms with Crippen molar-refractivity contribution in [2.45, 2.75) is 58.0 Å². The molecule has 1 atom stereocenters. The van der Waals surface area contributed by atoms with Crippen LogP contribution in [0.1, 0.15) is 57.9 Å². The molecule has 0 spiro atoms. The number of hydrogen-bond acceptors (Lipinski definition) is 3. The first kappa shape index (κ1) is 20.9. The van der Waals surface area contributed by atoms with Crippen LogP contribution in [0, 0.1) is 5.92 Å². The van der Waals surface area contributed by atoms with Gasteiger partial charge in [0.05, 0.1) is 25.7 Å². The molecule has 1 aromatic carbocycles. The summed E-state index contributed by atoms with van der Waals surface area (Å²) in [7, 11) is 2.18. The van der Waals surface area contributed by atoms with Crippen LogP contribution in [0.15, 0.2) is 30.3 Å². The van der Waals surface area contributed by atoms with Crippen molar-refractivity contribution in [3.8, 4) is 0 Å². The number of quaternary nitrogens is 1. The molecule has 0 aliphatic heterocycles. The minimum absolute atomic E-state index is 0.285. The number of carbonyl (C=O) groups is 1. The second kappa shape index (κ2) is 9.01. The largest absolute Gasteiger partial charge is 0.459 e. The van der Waals surface area contributed by atoms with Gasteiger partial charge in [0.2, 0.25) is 0 Å². The van der Waals surface area contributed by atoms with Gasteiger partial charge in [-0.1, -0.05) is 37.3 Å². The first-order valence-corrected chi connectivity index (χ1v) is 10.1. The van der Waals surface area contributed by atoms with Crippen LogP contribution in [0.2, 0.25) is 0 Å². The Balaban J connectivity index is 2.13. The normalized spacial score (nSPS) is 24.9. The highest BCUT2D eigenvalue weighted by Crippen LogP contribution is 2.42. The zero-order chi connectivity index (χ0) is 19.2. The van der Waals surface area contributed by atoms with Gasteiger partial charge in [-0.05, 0) is 51.0 Å². The first-order valence-electron chi connectivity index (χ1n) is 10.1. The van der Waals surface area contributed by atoms with Crippen LogP contribution in [0.5, 0.6) is 0 Å². The second-order valence-corrected chi connectivity index (χ2v) is 8.27. The Morgan fingerprint density at radius 1 is 1.23 bits per heavy atom. The van der Waals surface area contributed by atoms with Gasteiger partial charge in [-0.3, -0.25) is 4.79 Å². The fraction of sp³-hybridized carbons (Fsp3) is 0.682. The lowest BCUT2D eigenvalue weighted by Crippen LogP contribution is -2.47. The summed E-state index contributed by atoms with van der Waals surface area (Å²) in [6.45, 7) is 9.75. The molecule has 146 valence electrons. The van der Waals surface area contributed by atoms with Gasteiger partial charge in [0, 0.05) is 0 Å². The molecule has 0 amide bonds. The molecule has 4 nitrogen and oxygen atoms in total. The molecule has 0 bridgehead atoms. The third-order valence-electron chi connectivity index (χ3n) is 6.45. The molecule has 1 N–H and O–H groups in total. The Morgan fingerprint density at radius 2 is 1.81 bits per heavy atom. The molecule has 26 heavy (non-hydrogen) atoms. The topological polar surface area (TPSA) is 46.5 Å². The highest BCUT2D eigenvalue weighted by molar-refractivity contribution is 5.80. The quantitative estimate of drug-likeness (QED) is 0.566. The van der Waals surface area contributed by atoms with Crippen LogP contribution in [-0.4, -0.2) is 54.4 Å². The number of rotatable bonds is 8. The molecule has 1 aliphatic rings. The smallest absolute Gasteiger partial charge is 0.316 e. The zero-order valence-corrected chi connectivity index (χ0v) is 16.9. The van der Waals surface area contributed by atoms with Crippen molar-refractivity contribution in [3.63, 3.8) is 0 Å². The molecule has 0 unspecified atom stereocenters. The zero-order valence-electron chi connectivity index (χ0n) is 16.9. The third-order valence-corrected chi connectivity index (χ3v) is 6.45. The van der Waals surface area contributed by atoms with Crippen LogP contribution < -0.4 is 0 Å². The summed E-state index contributed by atoms with van der Waals surface area (Å²) in [4.78, 5) is 13.0. The summed E-state index contributed by atoms with van der Waals surface area (Å²) in [5.74, 6) is -0.278. The molecule has 4 heteroatoms. The van der Waals surface area contributed by atoms with Crippen LogP contribution in [0.3, 0.4) is 0 Å². The summed E-state index contributed by atoms with van der Waals surface area (Å²) >= 11 is 0. The van der Waals surface area contributed by atoms with Crippen LogP contribution in [-0.2, 0) is 9.53 Å². The number of aliphatic hydroxyl groups is 1. The van der Waals surface area contributed by atoms with Gasteiger partial charge in [-0.25, -0.2) is 0 Å². The average molecular weight is 363 g/mol. The highest BCUT2D eigenvalue weighted by Gasteiger charge is 2.45. The number of ether oxygens (including phenoxy) is 1. The maximum Gasteiger partial charge on any atom is 0.316 e. The molecule has 2 rings (SSSR count). The van der Waals surface area contributed by atoms with Crippen molar-refractivity contribution in [3.05, 3.63) is 35.9 Å². The van der Waals surface area contributed by atoms with Crippen LogP contribution >= 0.6 is 0 Å². The average Bonchev–Trinajstić information content (AvgIpc) is 2.65. The van der Waals surface area contributed by atoms with Crippen LogP contribution in [0.25, 0.3) is 0 Å². The highest BCUT2D eigenvalue weighted by atomic mass is 16.5. The maximum atomic E-state index is 13.0. The Morgan fingerprint density at radius 3 is 2.35 bits per heavy atom. The third kappa shape index (κ3) is 5.08. The van der Waals surface area contributed by atoms with E-state index in [1.165, 1.54) is 0 Å². The van der Waals surface area contributed by atoms with Gasteiger partial charge in [0.15, 0.2) is 0 Å². The lowest BCUT2D eigenvalue weighted by molar-refractivity contribution is -0.906. The molecule has 0 radical (unpaired) electrons. The Bertz CT molecular complexity index is 560. The van der Waals surface area contributed by atoms with Crippen LogP contribution in [0.4, 0.5) is 0 Å². The number of hydrogen-bond donors (Lipinski definition) is 1. The number of likely N-dealkylation sites (N-methyl/N-ethyl adjacent to an activating group) is 1. The standard InChI is InChI=1S/C22H36NO3/c1-5-23(4,6-2)16-17-26-21(24)20(19-10-8-7-9-11-19)22(25)14-12-18(3)13-15-22/h7-11,18,20,25H,5-6,12-17H2,1-4H3/q+1/t18?,20-,22?/m1/s1. The second-order valence-electron chi connectivity index (χ2n) is 8.27. The molecule has 0 heterocycles. The number of esters is 1. The fourth-order valence-corrected chi connectivity index (χ4v) is 3.85. The predicted octanol–water partition coefficient (Wildman–Crippen LogP) is 3.74. The predicted molar refractivity (Wildman–Crippen MR) is 105 cm³/mol. The van der Waals surface area contributed by atoms with E-state index in [0.717, 1.165) is 42.5 Å². The van der Waals surface area contributed by atoms with Crippen molar-refractivity contribution in [2.75, 3.05) is 33.3 Å². The Hall–Kier alpha value is -1.39. The van der Waals surface area contributed by atoms with Crippen molar-refractivity contribution < 1.29 is 19.1 Å². The number of nitrogens with zero attached hydrogens (tertiary/aromatic N) is 1. The summed E-state index contributed by atoms with van der Waals surface area (Å²) in [6, 6.07) is 9.64. The maximum absolute atomic E-state index is 13.0. The minimum atomic E-state index is -1.00. The molecule has 1 saturated carbocycles. The SMILES string of the molecule is CC[N+](C)(CC)CCOC(=O)[C@@H](c1ccccc1)C1(O)CCC(C)CC1. The van der Waals surface area contributed by atoms with Gasteiger partial charge < -0.3 is 14.3 Å². The van der Waals surface area contributed by atoms with Crippen molar-refractivity contribution in [2.24, 2.45) is 5.92 Å². The Kier molecular flexibility index (Phi) is 7.24. The van der Waals surface area contributed by atoms with E-state index in [4.69, 9.17) is 4.74 Å². The van der Waals surface area contributed by atoms with Gasteiger partial charge >= 0.3 is 5.97 Å². The van der Waals surface area contributed by atoms with E-state index in [0.29, 0.717) is 25.4 Å². The minimum Gasteiger partial charge on any atom is -0.459 e. The van der Waals surface area contributed by atoms with E-state index in [1.54, 1.807) is 0 Å². The molecular formula is C22H36NO3+. The molecule has 1 aromatic rings. The Labute approximate surface area is 158 Å². The molecule has 0 saturated heterocycles. The van der Waals surface area contributed by atoms with Gasteiger partial charge in [-0.15, -0.1) is 0 Å². The van der Waals surface area contributed by atoms with Gasteiger partial charge in [0.25, 0.3) is 0 Å². The first-order chi connectivity index (χ1) is 12.3. The lowest BCUT2D eigenvalue weighted by Gasteiger charge is -2.40. The number of benzene rings is 1. The fourth-order valence-electron chi connectivity index (χ4n) is 3.85. The van der Waals surface area contributed by atoms with Gasteiger partial charge in [-0.2, -0.15) is 0 Å². The van der Waals surface area contributed by atoms with E-state index in [1.807, 2.05) is 30.3 Å². The van der Waals surface area contributed by atoms with E-state index in [2.05, 4.69) is 27.8 Å². The molecule has 0 aromatic heterocycles. The summed E-state index contributed by atoms with van der Waals surface area (Å²) in [6.07, 6.45) is 3.21. The summed E-state index contributed by atoms with van der Waals surface area (Å²) in [5.41, 5.74) is -0.142. The van der Waals surface area contributed by atoms with E-state index < -0.39 is 11.5 Å². The van der Waals surface area contributed by atoms with E-state index in [-0.39, 0.29) is 5.97 Å². The van der Waals surface area contributed by atoms with Gasteiger partial charge in [0.1, 0.15) is 19.1 Å². The lowest BCUT2D eigenvalue weighted by atomic mass is 9.70. The summed E-state index contributed by atoms with van der Waals surface area (Å²) in [5, 5.41) is 11.3. The van der Waals surface area contributed by atoms with E-state index in [9.17, 15) is 9.90 Å². The molecule has 1 fully saturated rings. The monoisotopic (exact) mass is 362 g/mol.